The number of ether oxygens (including phenoxy) is 3. The van der Waals surface area contributed by atoms with Crippen LogP contribution in [0.3, 0.4) is 0 Å². The molecule has 7 heteroatoms. The van der Waals surface area contributed by atoms with Crippen LogP contribution in [0.4, 0.5) is 0 Å². The highest BCUT2D eigenvalue weighted by Crippen LogP contribution is 2.29. The average Bonchev–Trinajstić information content (AvgIpc) is 3.15. The molecule has 0 aromatic heterocycles. The van der Waals surface area contributed by atoms with E-state index in [0.29, 0.717) is 23.7 Å². The lowest BCUT2D eigenvalue weighted by Gasteiger charge is -2.12. The Balaban J connectivity index is 1.63. The second-order valence-corrected chi connectivity index (χ2v) is 5.65. The zero-order chi connectivity index (χ0) is 18.5. The zero-order valence-corrected chi connectivity index (χ0v) is 14.5. The molecule has 2 aromatic rings. The molecule has 7 nitrogen and oxygen atoms in total. The maximum Gasteiger partial charge on any atom is 0.339 e. The molecule has 1 aliphatic heterocycles. The molecule has 1 heterocycles. The third-order valence-corrected chi connectivity index (χ3v) is 3.99. The molecule has 0 spiro atoms. The molecule has 0 saturated heterocycles. The van der Waals surface area contributed by atoms with Gasteiger partial charge in [0.2, 0.25) is 0 Å². The Morgan fingerprint density at radius 1 is 1.15 bits per heavy atom. The lowest BCUT2D eigenvalue weighted by atomic mass is 10.0. The Labute approximate surface area is 150 Å². The summed E-state index contributed by atoms with van der Waals surface area (Å²) in [5.74, 6) is 0.530. The standard InChI is InChI=1S/C19H19NO6/c1-23-17-8-7-12(9-18(17)24-2)15-10-13(26-20-15)11-25-16-6-4-3-5-14(16)19(21)22/h3-9,13H,10-11H2,1-2H3,(H,21,22). The number of carboxylic acid groups (broad SMARTS) is 1. The van der Waals surface area contributed by atoms with E-state index in [4.69, 9.17) is 19.0 Å². The quantitative estimate of drug-likeness (QED) is 0.820. The number of oxime groups is 1. The van der Waals surface area contributed by atoms with Crippen molar-refractivity contribution in [3.8, 4) is 17.2 Å². The molecule has 26 heavy (non-hydrogen) atoms. The second-order valence-electron chi connectivity index (χ2n) is 5.65. The average molecular weight is 357 g/mol. The molecule has 2 aromatic carbocycles. The van der Waals surface area contributed by atoms with Gasteiger partial charge in [0.05, 0.1) is 19.9 Å². The number of rotatable bonds is 7. The van der Waals surface area contributed by atoms with Gasteiger partial charge in [-0.2, -0.15) is 0 Å². The van der Waals surface area contributed by atoms with Crippen LogP contribution in [0.5, 0.6) is 17.2 Å². The smallest absolute Gasteiger partial charge is 0.339 e. The molecule has 0 bridgehead atoms. The van der Waals surface area contributed by atoms with E-state index >= 15 is 0 Å². The minimum atomic E-state index is -1.03. The normalized spacial score (nSPS) is 15.8. The first-order valence-electron chi connectivity index (χ1n) is 8.02. The van der Waals surface area contributed by atoms with Crippen molar-refractivity contribution in [3.63, 3.8) is 0 Å². The number of hydrogen-bond acceptors (Lipinski definition) is 6. The molecule has 3 rings (SSSR count). The van der Waals surface area contributed by atoms with Gasteiger partial charge in [0.1, 0.15) is 17.9 Å². The minimum Gasteiger partial charge on any atom is -0.493 e. The molecular weight excluding hydrogens is 338 g/mol. The molecule has 0 saturated carbocycles. The Hall–Kier alpha value is -3.22. The predicted molar refractivity (Wildman–Crippen MR) is 94.5 cm³/mol. The summed E-state index contributed by atoms with van der Waals surface area (Å²) >= 11 is 0. The largest absolute Gasteiger partial charge is 0.493 e. The monoisotopic (exact) mass is 357 g/mol. The Morgan fingerprint density at radius 3 is 2.65 bits per heavy atom. The van der Waals surface area contributed by atoms with Gasteiger partial charge in [-0.05, 0) is 30.3 Å². The van der Waals surface area contributed by atoms with Crippen molar-refractivity contribution in [2.24, 2.45) is 5.16 Å². The van der Waals surface area contributed by atoms with Gasteiger partial charge in [-0.1, -0.05) is 17.3 Å². The van der Waals surface area contributed by atoms with E-state index in [1.807, 2.05) is 18.2 Å². The SMILES string of the molecule is COc1ccc(C2=NOC(COc3ccccc3C(=O)O)C2)cc1OC. The van der Waals surface area contributed by atoms with Gasteiger partial charge < -0.3 is 24.2 Å². The number of methoxy groups -OCH3 is 2. The van der Waals surface area contributed by atoms with E-state index in [-0.39, 0.29) is 18.3 Å². The minimum absolute atomic E-state index is 0.117. The topological polar surface area (TPSA) is 86.6 Å². The van der Waals surface area contributed by atoms with Crippen molar-refractivity contribution in [2.75, 3.05) is 20.8 Å². The highest BCUT2D eigenvalue weighted by molar-refractivity contribution is 6.01. The summed E-state index contributed by atoms with van der Waals surface area (Å²) in [5.41, 5.74) is 1.76. The first-order valence-corrected chi connectivity index (χ1v) is 8.02. The van der Waals surface area contributed by atoms with E-state index in [1.165, 1.54) is 6.07 Å². The Kier molecular flexibility index (Phi) is 5.26. The number of nitrogens with zero attached hydrogens (tertiary/aromatic N) is 1. The van der Waals surface area contributed by atoms with E-state index in [9.17, 15) is 9.90 Å². The van der Waals surface area contributed by atoms with Gasteiger partial charge in [0, 0.05) is 12.0 Å². The van der Waals surface area contributed by atoms with Crippen LogP contribution in [0.2, 0.25) is 0 Å². The molecule has 0 radical (unpaired) electrons. The summed E-state index contributed by atoms with van der Waals surface area (Å²) in [6, 6.07) is 12.0. The predicted octanol–water partition coefficient (Wildman–Crippen LogP) is 2.97. The number of hydrogen-bond donors (Lipinski definition) is 1. The fraction of sp³-hybridized carbons (Fsp3) is 0.263. The maximum atomic E-state index is 11.2. The van der Waals surface area contributed by atoms with Crippen molar-refractivity contribution >= 4 is 11.7 Å². The highest BCUT2D eigenvalue weighted by Gasteiger charge is 2.24. The lowest BCUT2D eigenvalue weighted by molar-refractivity contribution is 0.0459. The van der Waals surface area contributed by atoms with Gasteiger partial charge in [0.15, 0.2) is 17.6 Å². The lowest BCUT2D eigenvalue weighted by Crippen LogP contribution is -2.19. The van der Waals surface area contributed by atoms with Crippen LogP contribution in [0.15, 0.2) is 47.6 Å². The zero-order valence-electron chi connectivity index (χ0n) is 14.5. The maximum absolute atomic E-state index is 11.2. The van der Waals surface area contributed by atoms with Crippen LogP contribution in [0, 0.1) is 0 Å². The molecule has 0 aliphatic carbocycles. The van der Waals surface area contributed by atoms with Gasteiger partial charge in [-0.15, -0.1) is 0 Å². The van der Waals surface area contributed by atoms with Crippen molar-refractivity contribution in [1.82, 2.24) is 0 Å². The first kappa shape index (κ1) is 17.6. The van der Waals surface area contributed by atoms with E-state index in [1.54, 1.807) is 32.4 Å². The van der Waals surface area contributed by atoms with Crippen LogP contribution in [-0.4, -0.2) is 43.7 Å². The van der Waals surface area contributed by atoms with Crippen molar-refractivity contribution in [1.29, 1.82) is 0 Å². The molecule has 0 amide bonds. The number of carboxylic acids is 1. The molecule has 136 valence electrons. The summed E-state index contributed by atoms with van der Waals surface area (Å²) in [5, 5.41) is 13.3. The molecular formula is C19H19NO6. The number of benzene rings is 2. The number of carbonyl (C=O) groups is 1. The first-order chi connectivity index (χ1) is 12.6. The van der Waals surface area contributed by atoms with Crippen molar-refractivity contribution in [2.45, 2.75) is 12.5 Å². The second kappa shape index (κ2) is 7.77. The van der Waals surface area contributed by atoms with Gasteiger partial charge in [-0.3, -0.25) is 0 Å². The van der Waals surface area contributed by atoms with Crippen LogP contribution in [0.1, 0.15) is 22.3 Å². The van der Waals surface area contributed by atoms with E-state index in [0.717, 1.165) is 11.3 Å². The van der Waals surface area contributed by atoms with Crippen LogP contribution in [0.25, 0.3) is 0 Å². The van der Waals surface area contributed by atoms with Gasteiger partial charge in [-0.25, -0.2) is 4.79 Å². The van der Waals surface area contributed by atoms with E-state index < -0.39 is 5.97 Å². The number of para-hydroxylation sites is 1. The summed E-state index contributed by atoms with van der Waals surface area (Å²) in [6.45, 7) is 0.199. The molecule has 1 unspecified atom stereocenters. The Morgan fingerprint density at radius 2 is 1.92 bits per heavy atom. The van der Waals surface area contributed by atoms with Gasteiger partial charge in [0.25, 0.3) is 0 Å². The molecule has 1 N–H and O–H groups in total. The van der Waals surface area contributed by atoms with Gasteiger partial charge >= 0.3 is 5.97 Å². The van der Waals surface area contributed by atoms with Crippen LogP contribution >= 0.6 is 0 Å². The Bertz CT molecular complexity index is 833. The third-order valence-electron chi connectivity index (χ3n) is 3.99. The van der Waals surface area contributed by atoms with Crippen LogP contribution in [-0.2, 0) is 4.84 Å². The fourth-order valence-corrected chi connectivity index (χ4v) is 2.66. The highest BCUT2D eigenvalue weighted by atomic mass is 16.7. The molecule has 1 atom stereocenters. The number of aromatic carboxylic acids is 1. The van der Waals surface area contributed by atoms with E-state index in [2.05, 4.69) is 5.16 Å². The summed E-state index contributed by atoms with van der Waals surface area (Å²) < 4.78 is 16.2. The summed E-state index contributed by atoms with van der Waals surface area (Å²) in [6.07, 6.45) is 0.255. The van der Waals surface area contributed by atoms with Crippen molar-refractivity contribution in [3.05, 3.63) is 53.6 Å². The molecule has 0 fully saturated rings. The van der Waals surface area contributed by atoms with Crippen molar-refractivity contribution < 1.29 is 28.9 Å². The van der Waals surface area contributed by atoms with Crippen LogP contribution < -0.4 is 14.2 Å². The summed E-state index contributed by atoms with van der Waals surface area (Å²) in [7, 11) is 3.15. The fourth-order valence-electron chi connectivity index (χ4n) is 2.66. The third kappa shape index (κ3) is 3.72. The summed E-state index contributed by atoms with van der Waals surface area (Å²) in [4.78, 5) is 16.6. The molecule has 1 aliphatic rings.